The van der Waals surface area contributed by atoms with E-state index in [1.807, 2.05) is 6.07 Å². The molecule has 0 aromatic heterocycles. The quantitative estimate of drug-likeness (QED) is 0.708. The predicted molar refractivity (Wildman–Crippen MR) is 102 cm³/mol. The Morgan fingerprint density at radius 2 is 1.89 bits per heavy atom. The van der Waals surface area contributed by atoms with E-state index in [0.29, 0.717) is 30.0 Å². The molecule has 0 radical (unpaired) electrons. The SMILES string of the molecule is COc1ccc(OC)c([C@@H]2CCCN2S(=O)(=O)c2cccc(C(C)=O)c2)c1. The van der Waals surface area contributed by atoms with Crippen LogP contribution in [-0.4, -0.2) is 39.3 Å². The maximum atomic E-state index is 13.3. The van der Waals surface area contributed by atoms with Crippen molar-refractivity contribution in [3.63, 3.8) is 0 Å². The topological polar surface area (TPSA) is 72.9 Å². The van der Waals surface area contributed by atoms with Crippen molar-refractivity contribution in [2.24, 2.45) is 0 Å². The average molecular weight is 389 g/mol. The molecule has 1 aliphatic rings. The Balaban J connectivity index is 2.04. The van der Waals surface area contributed by atoms with E-state index in [2.05, 4.69) is 0 Å². The zero-order valence-corrected chi connectivity index (χ0v) is 16.5. The molecule has 1 saturated heterocycles. The predicted octanol–water partition coefficient (Wildman–Crippen LogP) is 3.43. The first kappa shape index (κ1) is 19.4. The van der Waals surface area contributed by atoms with E-state index in [9.17, 15) is 13.2 Å². The van der Waals surface area contributed by atoms with Gasteiger partial charge >= 0.3 is 0 Å². The van der Waals surface area contributed by atoms with Gasteiger partial charge < -0.3 is 9.47 Å². The molecule has 7 heteroatoms. The Kier molecular flexibility index (Phi) is 5.53. The maximum absolute atomic E-state index is 13.3. The van der Waals surface area contributed by atoms with Gasteiger partial charge in [-0.15, -0.1) is 0 Å². The van der Waals surface area contributed by atoms with Crippen LogP contribution in [0.3, 0.4) is 0 Å². The van der Waals surface area contributed by atoms with E-state index in [4.69, 9.17) is 9.47 Å². The van der Waals surface area contributed by atoms with Gasteiger partial charge in [0.1, 0.15) is 11.5 Å². The van der Waals surface area contributed by atoms with Gasteiger partial charge in [-0.1, -0.05) is 12.1 Å². The number of nitrogens with zero attached hydrogens (tertiary/aromatic N) is 1. The third kappa shape index (κ3) is 3.70. The number of carbonyl (C=O) groups excluding carboxylic acids is 1. The summed E-state index contributed by atoms with van der Waals surface area (Å²) >= 11 is 0. The summed E-state index contributed by atoms with van der Waals surface area (Å²) in [7, 11) is -0.616. The van der Waals surface area contributed by atoms with Crippen LogP contribution in [0.2, 0.25) is 0 Å². The van der Waals surface area contributed by atoms with Crippen LogP contribution in [0, 0.1) is 0 Å². The molecule has 0 bridgehead atoms. The lowest BCUT2D eigenvalue weighted by molar-refractivity contribution is 0.101. The van der Waals surface area contributed by atoms with Gasteiger partial charge in [-0.2, -0.15) is 4.31 Å². The van der Waals surface area contributed by atoms with Crippen molar-refractivity contribution >= 4 is 15.8 Å². The Labute approximate surface area is 159 Å². The molecule has 0 spiro atoms. The van der Waals surface area contributed by atoms with Crippen molar-refractivity contribution in [3.8, 4) is 11.5 Å². The van der Waals surface area contributed by atoms with Crippen LogP contribution in [0.15, 0.2) is 47.4 Å². The fraction of sp³-hybridized carbons (Fsp3) is 0.350. The monoisotopic (exact) mass is 389 g/mol. The first-order valence-electron chi connectivity index (χ1n) is 8.73. The Bertz CT molecular complexity index is 955. The third-order valence-corrected chi connectivity index (χ3v) is 6.75. The van der Waals surface area contributed by atoms with Gasteiger partial charge in [-0.3, -0.25) is 4.79 Å². The van der Waals surface area contributed by atoms with Gasteiger partial charge in [0.05, 0.1) is 25.2 Å². The standard InChI is InChI=1S/C20H23NO5S/c1-14(22)15-6-4-7-17(12-15)27(23,24)21-11-5-8-19(21)18-13-16(25-2)9-10-20(18)26-3/h4,6-7,9-10,12-13,19H,5,8,11H2,1-3H3/t19-/m0/s1. The van der Waals surface area contributed by atoms with Gasteiger partial charge in [0.25, 0.3) is 0 Å². The number of ketones is 1. The van der Waals surface area contributed by atoms with E-state index in [0.717, 1.165) is 12.0 Å². The van der Waals surface area contributed by atoms with Crippen LogP contribution in [0.4, 0.5) is 0 Å². The highest BCUT2D eigenvalue weighted by Crippen LogP contribution is 2.41. The van der Waals surface area contributed by atoms with Crippen molar-refractivity contribution in [2.45, 2.75) is 30.7 Å². The minimum absolute atomic E-state index is 0.129. The van der Waals surface area contributed by atoms with Crippen LogP contribution in [0.5, 0.6) is 11.5 Å². The van der Waals surface area contributed by atoms with E-state index in [1.54, 1.807) is 38.5 Å². The molecule has 0 amide bonds. The molecule has 6 nitrogen and oxygen atoms in total. The lowest BCUT2D eigenvalue weighted by Gasteiger charge is -2.26. The van der Waals surface area contributed by atoms with Crippen molar-refractivity contribution in [1.82, 2.24) is 4.31 Å². The molecule has 0 saturated carbocycles. The Morgan fingerprint density at radius 3 is 2.56 bits per heavy atom. The number of hydrogen-bond acceptors (Lipinski definition) is 5. The smallest absolute Gasteiger partial charge is 0.243 e. The molecule has 1 heterocycles. The molecule has 2 aromatic rings. The molecular formula is C20H23NO5S. The fourth-order valence-electron chi connectivity index (χ4n) is 3.45. The first-order chi connectivity index (χ1) is 12.9. The van der Waals surface area contributed by atoms with Crippen molar-refractivity contribution in [1.29, 1.82) is 0 Å². The molecule has 0 N–H and O–H groups in total. The highest BCUT2D eigenvalue weighted by molar-refractivity contribution is 7.89. The fourth-order valence-corrected chi connectivity index (χ4v) is 5.17. The summed E-state index contributed by atoms with van der Waals surface area (Å²) in [6.45, 7) is 1.84. The van der Waals surface area contributed by atoms with E-state index in [1.165, 1.54) is 23.4 Å². The zero-order valence-electron chi connectivity index (χ0n) is 15.6. The molecule has 3 rings (SSSR count). The van der Waals surface area contributed by atoms with Gasteiger partial charge in [0.15, 0.2) is 5.78 Å². The average Bonchev–Trinajstić information content (AvgIpc) is 3.18. The molecule has 144 valence electrons. The summed E-state index contributed by atoms with van der Waals surface area (Å²) in [5, 5.41) is 0. The number of rotatable bonds is 6. The zero-order chi connectivity index (χ0) is 19.6. The van der Waals surface area contributed by atoms with Gasteiger partial charge in [-0.05, 0) is 50.1 Å². The minimum Gasteiger partial charge on any atom is -0.497 e. The normalized spacial score (nSPS) is 17.7. The van der Waals surface area contributed by atoms with Crippen LogP contribution in [0.1, 0.15) is 41.7 Å². The molecule has 0 aliphatic carbocycles. The summed E-state index contributed by atoms with van der Waals surface area (Å²) in [5.74, 6) is 1.11. The summed E-state index contributed by atoms with van der Waals surface area (Å²) in [6, 6.07) is 11.2. The van der Waals surface area contributed by atoms with E-state index >= 15 is 0 Å². The van der Waals surface area contributed by atoms with Crippen LogP contribution in [0.25, 0.3) is 0 Å². The number of methoxy groups -OCH3 is 2. The highest BCUT2D eigenvalue weighted by atomic mass is 32.2. The van der Waals surface area contributed by atoms with Crippen molar-refractivity contribution in [2.75, 3.05) is 20.8 Å². The largest absolute Gasteiger partial charge is 0.497 e. The van der Waals surface area contributed by atoms with Crippen LogP contribution >= 0.6 is 0 Å². The van der Waals surface area contributed by atoms with Crippen molar-refractivity contribution in [3.05, 3.63) is 53.6 Å². The molecule has 1 atom stereocenters. The highest BCUT2D eigenvalue weighted by Gasteiger charge is 2.37. The Hall–Kier alpha value is -2.38. The van der Waals surface area contributed by atoms with Crippen LogP contribution in [-0.2, 0) is 10.0 Å². The van der Waals surface area contributed by atoms with E-state index < -0.39 is 10.0 Å². The number of ether oxygens (including phenoxy) is 2. The Morgan fingerprint density at radius 1 is 1.11 bits per heavy atom. The molecular weight excluding hydrogens is 366 g/mol. The summed E-state index contributed by atoms with van der Waals surface area (Å²) in [6.07, 6.45) is 1.44. The summed E-state index contributed by atoms with van der Waals surface area (Å²) in [4.78, 5) is 11.8. The molecule has 1 aliphatic heterocycles. The summed E-state index contributed by atoms with van der Waals surface area (Å²) < 4.78 is 38.8. The molecule has 1 fully saturated rings. The number of sulfonamides is 1. The first-order valence-corrected chi connectivity index (χ1v) is 10.2. The van der Waals surface area contributed by atoms with Gasteiger partial charge in [0.2, 0.25) is 10.0 Å². The van der Waals surface area contributed by atoms with Gasteiger partial charge in [0, 0.05) is 17.7 Å². The second-order valence-corrected chi connectivity index (χ2v) is 8.36. The summed E-state index contributed by atoms with van der Waals surface area (Å²) in [5.41, 5.74) is 1.16. The van der Waals surface area contributed by atoms with E-state index in [-0.39, 0.29) is 16.7 Å². The number of hydrogen-bond donors (Lipinski definition) is 0. The molecule has 2 aromatic carbocycles. The lowest BCUT2D eigenvalue weighted by Crippen LogP contribution is -2.31. The lowest BCUT2D eigenvalue weighted by atomic mass is 10.0. The minimum atomic E-state index is -3.75. The second-order valence-electron chi connectivity index (χ2n) is 6.47. The van der Waals surface area contributed by atoms with Crippen LogP contribution < -0.4 is 9.47 Å². The second kappa shape index (κ2) is 7.70. The third-order valence-electron chi connectivity index (χ3n) is 4.85. The number of carbonyl (C=O) groups is 1. The number of benzene rings is 2. The van der Waals surface area contributed by atoms with Crippen molar-refractivity contribution < 1.29 is 22.7 Å². The molecule has 0 unspecified atom stereocenters. The number of Topliss-reactive ketones (excluding diaryl/α,β-unsaturated/α-hetero) is 1. The maximum Gasteiger partial charge on any atom is 0.243 e. The van der Waals surface area contributed by atoms with Gasteiger partial charge in [-0.25, -0.2) is 8.42 Å². The molecule has 27 heavy (non-hydrogen) atoms.